The maximum absolute atomic E-state index is 12.9. The molecule has 1 aliphatic rings. The first kappa shape index (κ1) is 17.2. The third-order valence-electron chi connectivity index (χ3n) is 4.77. The van der Waals surface area contributed by atoms with Crippen LogP contribution in [0.3, 0.4) is 0 Å². The van der Waals surface area contributed by atoms with E-state index in [0.717, 1.165) is 13.0 Å². The molecule has 0 bridgehead atoms. The topological polar surface area (TPSA) is 55.7 Å². The van der Waals surface area contributed by atoms with E-state index in [1.165, 1.54) is 11.4 Å². The highest BCUT2D eigenvalue weighted by Gasteiger charge is 2.30. The van der Waals surface area contributed by atoms with Gasteiger partial charge in [-0.1, -0.05) is 6.92 Å². The van der Waals surface area contributed by atoms with Crippen LogP contribution >= 0.6 is 0 Å². The minimum Gasteiger partial charge on any atom is -0.497 e. The van der Waals surface area contributed by atoms with Crippen LogP contribution in [0.15, 0.2) is 30.3 Å². The molecule has 0 fully saturated rings. The zero-order chi connectivity index (χ0) is 18.0. The van der Waals surface area contributed by atoms with Crippen LogP contribution in [0.1, 0.15) is 30.8 Å². The first-order chi connectivity index (χ1) is 12.1. The summed E-state index contributed by atoms with van der Waals surface area (Å²) in [6, 6.07) is 9.57. The van der Waals surface area contributed by atoms with E-state index in [4.69, 9.17) is 9.47 Å². The molecular formula is C19H25N3O3. The van der Waals surface area contributed by atoms with Crippen molar-refractivity contribution in [2.45, 2.75) is 32.9 Å². The smallest absolute Gasteiger partial charge is 0.322 e. The number of aromatic nitrogens is 1. The third-order valence-corrected chi connectivity index (χ3v) is 4.77. The van der Waals surface area contributed by atoms with E-state index in [0.29, 0.717) is 23.7 Å². The molecular weight excluding hydrogens is 318 g/mol. The van der Waals surface area contributed by atoms with E-state index in [-0.39, 0.29) is 12.1 Å². The van der Waals surface area contributed by atoms with Crippen molar-refractivity contribution in [3.8, 4) is 11.5 Å². The number of hydrogen-bond donors (Lipinski definition) is 1. The number of hydrogen-bond acceptors (Lipinski definition) is 3. The summed E-state index contributed by atoms with van der Waals surface area (Å²) in [5.41, 5.74) is 3.10. The average Bonchev–Trinajstić information content (AvgIpc) is 3.01. The number of aryl methyl sites for hydroxylation is 1. The van der Waals surface area contributed by atoms with Gasteiger partial charge in [-0.2, -0.15) is 0 Å². The van der Waals surface area contributed by atoms with Crippen molar-refractivity contribution in [1.82, 2.24) is 9.47 Å². The Morgan fingerprint density at radius 1 is 1.16 bits per heavy atom. The molecule has 1 atom stereocenters. The van der Waals surface area contributed by atoms with Crippen LogP contribution in [0.2, 0.25) is 0 Å². The third kappa shape index (κ3) is 3.29. The van der Waals surface area contributed by atoms with Crippen molar-refractivity contribution < 1.29 is 14.3 Å². The molecule has 1 aromatic carbocycles. The van der Waals surface area contributed by atoms with E-state index in [1.807, 2.05) is 4.90 Å². The second-order valence-corrected chi connectivity index (χ2v) is 6.20. The summed E-state index contributed by atoms with van der Waals surface area (Å²) in [7, 11) is 3.18. The van der Waals surface area contributed by atoms with Crippen LogP contribution in [0.4, 0.5) is 10.5 Å². The van der Waals surface area contributed by atoms with Gasteiger partial charge in [0.2, 0.25) is 0 Å². The SMILES string of the molecule is CC[C@@H]1c2ccc(C)n2CCN1C(=O)Nc1cc(OC)cc(OC)c1. The van der Waals surface area contributed by atoms with Crippen molar-refractivity contribution >= 4 is 11.7 Å². The Hall–Kier alpha value is -2.63. The van der Waals surface area contributed by atoms with Crippen molar-refractivity contribution in [3.05, 3.63) is 41.7 Å². The van der Waals surface area contributed by atoms with Gasteiger partial charge in [0, 0.05) is 48.4 Å². The number of nitrogens with one attached hydrogen (secondary N) is 1. The number of amides is 2. The number of fused-ring (bicyclic) bond motifs is 1. The minimum absolute atomic E-state index is 0.0787. The minimum atomic E-state index is -0.104. The monoisotopic (exact) mass is 343 g/mol. The van der Waals surface area contributed by atoms with Crippen LogP contribution in [-0.2, 0) is 6.54 Å². The van der Waals surface area contributed by atoms with Crippen LogP contribution < -0.4 is 14.8 Å². The first-order valence-corrected chi connectivity index (χ1v) is 8.54. The Balaban J connectivity index is 1.82. The summed E-state index contributed by atoms with van der Waals surface area (Å²) in [5, 5.41) is 2.98. The molecule has 0 saturated carbocycles. The number of benzene rings is 1. The lowest BCUT2D eigenvalue weighted by molar-refractivity contribution is 0.165. The zero-order valence-corrected chi connectivity index (χ0v) is 15.2. The molecule has 1 N–H and O–H groups in total. The van der Waals surface area contributed by atoms with Gasteiger partial charge in [0.05, 0.1) is 20.3 Å². The Labute approximate surface area is 148 Å². The van der Waals surface area contributed by atoms with Gasteiger partial charge >= 0.3 is 6.03 Å². The zero-order valence-electron chi connectivity index (χ0n) is 15.2. The number of ether oxygens (including phenoxy) is 2. The van der Waals surface area contributed by atoms with Gasteiger partial charge in [-0.05, 0) is 25.5 Å². The quantitative estimate of drug-likeness (QED) is 0.918. The number of carbonyl (C=O) groups excluding carboxylic acids is 1. The molecule has 1 aromatic heterocycles. The molecule has 6 heteroatoms. The van der Waals surface area contributed by atoms with Crippen molar-refractivity contribution in [2.24, 2.45) is 0 Å². The molecule has 1 aliphatic heterocycles. The van der Waals surface area contributed by atoms with Gasteiger partial charge in [-0.15, -0.1) is 0 Å². The summed E-state index contributed by atoms with van der Waals surface area (Å²) in [4.78, 5) is 14.8. The summed E-state index contributed by atoms with van der Waals surface area (Å²) in [6.07, 6.45) is 0.873. The second kappa shape index (κ2) is 7.09. The number of anilines is 1. The lowest BCUT2D eigenvalue weighted by Gasteiger charge is -2.37. The maximum atomic E-state index is 12.9. The Morgan fingerprint density at radius 3 is 2.44 bits per heavy atom. The van der Waals surface area contributed by atoms with Crippen molar-refractivity contribution in [3.63, 3.8) is 0 Å². The van der Waals surface area contributed by atoms with Crippen LogP contribution in [0, 0.1) is 6.92 Å². The van der Waals surface area contributed by atoms with E-state index < -0.39 is 0 Å². The lowest BCUT2D eigenvalue weighted by atomic mass is 10.1. The highest BCUT2D eigenvalue weighted by atomic mass is 16.5. The predicted octanol–water partition coefficient (Wildman–Crippen LogP) is 3.81. The van der Waals surface area contributed by atoms with Gasteiger partial charge in [0.15, 0.2) is 0 Å². The van der Waals surface area contributed by atoms with Gasteiger partial charge in [-0.3, -0.25) is 0 Å². The number of nitrogens with zero attached hydrogens (tertiary/aromatic N) is 2. The highest BCUT2D eigenvalue weighted by molar-refractivity contribution is 5.90. The molecule has 0 saturated heterocycles. The fourth-order valence-electron chi connectivity index (χ4n) is 3.46. The predicted molar refractivity (Wildman–Crippen MR) is 97.5 cm³/mol. The molecule has 0 radical (unpaired) electrons. The van der Waals surface area contributed by atoms with Crippen LogP contribution in [0.5, 0.6) is 11.5 Å². The lowest BCUT2D eigenvalue weighted by Crippen LogP contribution is -2.44. The summed E-state index contributed by atoms with van der Waals surface area (Å²) in [5.74, 6) is 1.29. The number of carbonyl (C=O) groups is 1. The fraction of sp³-hybridized carbons (Fsp3) is 0.421. The number of rotatable bonds is 4. The normalized spacial score (nSPS) is 16.3. The summed E-state index contributed by atoms with van der Waals surface area (Å²) in [6.45, 7) is 5.72. The molecule has 2 amide bonds. The Bertz CT molecular complexity index is 747. The second-order valence-electron chi connectivity index (χ2n) is 6.20. The molecule has 6 nitrogen and oxygen atoms in total. The van der Waals surface area contributed by atoms with Gasteiger partial charge in [-0.25, -0.2) is 4.79 Å². The van der Waals surface area contributed by atoms with E-state index in [2.05, 4.69) is 35.9 Å². The number of urea groups is 1. The fourth-order valence-corrected chi connectivity index (χ4v) is 3.46. The molecule has 3 rings (SSSR count). The largest absolute Gasteiger partial charge is 0.497 e. The molecule has 25 heavy (non-hydrogen) atoms. The van der Waals surface area contributed by atoms with Crippen LogP contribution in [0.25, 0.3) is 0 Å². The van der Waals surface area contributed by atoms with Gasteiger partial charge < -0.3 is 24.3 Å². The molecule has 2 heterocycles. The Kier molecular flexibility index (Phi) is 4.88. The van der Waals surface area contributed by atoms with E-state index in [1.54, 1.807) is 32.4 Å². The molecule has 0 spiro atoms. The highest BCUT2D eigenvalue weighted by Crippen LogP contribution is 2.31. The van der Waals surface area contributed by atoms with Crippen LogP contribution in [-0.4, -0.2) is 36.3 Å². The van der Waals surface area contributed by atoms with Crippen molar-refractivity contribution in [1.29, 1.82) is 0 Å². The Morgan fingerprint density at radius 2 is 1.84 bits per heavy atom. The maximum Gasteiger partial charge on any atom is 0.322 e. The standard InChI is InChI=1S/C19H25N3O3/c1-5-17-18-7-6-13(2)21(18)8-9-22(17)19(23)20-14-10-15(24-3)12-16(11-14)25-4/h6-7,10-12,17H,5,8-9H2,1-4H3,(H,20,23)/t17-/m1/s1. The van der Waals surface area contributed by atoms with Gasteiger partial charge in [0.25, 0.3) is 0 Å². The summed E-state index contributed by atoms with van der Waals surface area (Å²) < 4.78 is 12.8. The van der Waals surface area contributed by atoms with Gasteiger partial charge in [0.1, 0.15) is 11.5 Å². The van der Waals surface area contributed by atoms with E-state index in [9.17, 15) is 4.79 Å². The van der Waals surface area contributed by atoms with Crippen molar-refractivity contribution in [2.75, 3.05) is 26.1 Å². The molecule has 2 aromatic rings. The molecule has 134 valence electrons. The molecule has 0 aliphatic carbocycles. The summed E-state index contributed by atoms with van der Waals surface area (Å²) >= 11 is 0. The average molecular weight is 343 g/mol. The molecule has 0 unspecified atom stereocenters. The number of methoxy groups -OCH3 is 2. The van der Waals surface area contributed by atoms with E-state index >= 15 is 0 Å². The first-order valence-electron chi connectivity index (χ1n) is 8.54.